The lowest BCUT2D eigenvalue weighted by molar-refractivity contribution is -0.116. The number of pyridine rings is 1. The first-order valence-electron chi connectivity index (χ1n) is 10.9. The van der Waals surface area contributed by atoms with Gasteiger partial charge in [-0.25, -0.2) is 0 Å². The number of furan rings is 1. The molecule has 0 aliphatic carbocycles. The van der Waals surface area contributed by atoms with Crippen molar-refractivity contribution in [2.45, 2.75) is 34.2 Å². The lowest BCUT2D eigenvalue weighted by Crippen LogP contribution is -2.21. The largest absolute Gasteiger partial charge is 0.496 e. The van der Waals surface area contributed by atoms with E-state index in [-0.39, 0.29) is 5.91 Å². The standard InChI is InChI=1S/C28H28N2O3/c1-17-9-10-22(18(2)12-17)25-16-33-28-20(4)27(32-5)23(14-24(25)28)19(3)13-26(31)30-15-21-8-6-7-11-29-21/h6-14,16H,15H2,1-5H3,(H,30,31)/b19-13+. The second kappa shape index (κ2) is 9.33. The minimum Gasteiger partial charge on any atom is -0.496 e. The zero-order valence-electron chi connectivity index (χ0n) is 19.7. The maximum Gasteiger partial charge on any atom is 0.244 e. The van der Waals surface area contributed by atoms with Crippen LogP contribution < -0.4 is 10.1 Å². The van der Waals surface area contributed by atoms with Crippen molar-refractivity contribution in [1.29, 1.82) is 0 Å². The van der Waals surface area contributed by atoms with Gasteiger partial charge in [-0.05, 0) is 62.6 Å². The number of nitrogens with one attached hydrogen (secondary N) is 1. The van der Waals surface area contributed by atoms with Crippen molar-refractivity contribution in [2.75, 3.05) is 7.11 Å². The van der Waals surface area contributed by atoms with Gasteiger partial charge in [-0.2, -0.15) is 0 Å². The summed E-state index contributed by atoms with van der Waals surface area (Å²) < 4.78 is 11.7. The molecule has 0 saturated heterocycles. The second-order valence-electron chi connectivity index (χ2n) is 8.29. The van der Waals surface area contributed by atoms with E-state index in [2.05, 4.69) is 48.4 Å². The number of benzene rings is 2. The molecule has 0 radical (unpaired) electrons. The quantitative estimate of drug-likeness (QED) is 0.365. The molecule has 168 valence electrons. The lowest BCUT2D eigenvalue weighted by atomic mass is 9.94. The topological polar surface area (TPSA) is 64.4 Å². The first-order chi connectivity index (χ1) is 15.9. The number of ether oxygens (including phenoxy) is 1. The number of nitrogens with zero attached hydrogens (tertiary/aromatic N) is 1. The molecule has 0 fully saturated rings. The molecule has 0 aliphatic rings. The average molecular weight is 441 g/mol. The van der Waals surface area contributed by atoms with E-state index >= 15 is 0 Å². The molecule has 0 atom stereocenters. The monoisotopic (exact) mass is 440 g/mol. The molecule has 4 rings (SSSR count). The summed E-state index contributed by atoms with van der Waals surface area (Å²) in [5.41, 5.74) is 8.74. The molecule has 0 bridgehead atoms. The number of rotatable bonds is 6. The molecule has 0 saturated carbocycles. The fourth-order valence-electron chi connectivity index (χ4n) is 4.20. The van der Waals surface area contributed by atoms with E-state index in [1.54, 1.807) is 25.6 Å². The van der Waals surface area contributed by atoms with Crippen LogP contribution in [0.5, 0.6) is 5.75 Å². The van der Waals surface area contributed by atoms with Crippen molar-refractivity contribution in [1.82, 2.24) is 10.3 Å². The van der Waals surface area contributed by atoms with Crippen molar-refractivity contribution in [3.63, 3.8) is 0 Å². The molecule has 2 aromatic heterocycles. The van der Waals surface area contributed by atoms with E-state index in [0.717, 1.165) is 44.5 Å². The third-order valence-electron chi connectivity index (χ3n) is 5.86. The summed E-state index contributed by atoms with van der Waals surface area (Å²) in [5, 5.41) is 3.89. The van der Waals surface area contributed by atoms with Gasteiger partial charge < -0.3 is 14.5 Å². The van der Waals surface area contributed by atoms with Crippen LogP contribution in [0.15, 0.2) is 65.4 Å². The summed E-state index contributed by atoms with van der Waals surface area (Å²) in [4.78, 5) is 16.8. The summed E-state index contributed by atoms with van der Waals surface area (Å²) in [6.07, 6.45) is 5.11. The zero-order valence-corrected chi connectivity index (χ0v) is 19.7. The summed E-state index contributed by atoms with van der Waals surface area (Å²) in [6, 6.07) is 14.1. The van der Waals surface area contributed by atoms with Gasteiger partial charge in [0.25, 0.3) is 0 Å². The van der Waals surface area contributed by atoms with Crippen molar-refractivity contribution >= 4 is 22.4 Å². The number of aryl methyl sites for hydroxylation is 3. The number of hydrogen-bond acceptors (Lipinski definition) is 4. The number of carbonyl (C=O) groups excluding carboxylic acids is 1. The number of fused-ring (bicyclic) bond motifs is 1. The first-order valence-corrected chi connectivity index (χ1v) is 10.9. The van der Waals surface area contributed by atoms with Gasteiger partial charge in [-0.3, -0.25) is 9.78 Å². The van der Waals surface area contributed by atoms with E-state index < -0.39 is 0 Å². The predicted octanol–water partition coefficient (Wildman–Crippen LogP) is 6.15. The van der Waals surface area contributed by atoms with Crippen molar-refractivity contribution in [2.24, 2.45) is 0 Å². The molecule has 1 N–H and O–H groups in total. The molecule has 2 heterocycles. The minimum atomic E-state index is -0.181. The molecule has 33 heavy (non-hydrogen) atoms. The fraction of sp³-hybridized carbons (Fsp3) is 0.214. The molecule has 5 heteroatoms. The Balaban J connectivity index is 1.73. The second-order valence-corrected chi connectivity index (χ2v) is 8.29. The van der Waals surface area contributed by atoms with Crippen LogP contribution in [0.25, 0.3) is 27.7 Å². The molecule has 2 aromatic carbocycles. The summed E-state index contributed by atoms with van der Waals surface area (Å²) in [6.45, 7) is 8.46. The fourth-order valence-corrected chi connectivity index (χ4v) is 4.20. The zero-order chi connectivity index (χ0) is 23.5. The van der Waals surface area contributed by atoms with Crippen molar-refractivity contribution in [3.05, 3.63) is 88.9 Å². The molecule has 0 spiro atoms. The highest BCUT2D eigenvalue weighted by molar-refractivity contribution is 6.02. The van der Waals surface area contributed by atoms with Crippen molar-refractivity contribution < 1.29 is 13.9 Å². The molecule has 5 nitrogen and oxygen atoms in total. The Labute approximate surface area is 194 Å². The highest BCUT2D eigenvalue weighted by Crippen LogP contribution is 2.41. The first kappa shape index (κ1) is 22.3. The average Bonchev–Trinajstić information content (AvgIpc) is 3.22. The molecule has 0 unspecified atom stereocenters. The third kappa shape index (κ3) is 4.53. The lowest BCUT2D eigenvalue weighted by Gasteiger charge is -2.14. The maximum atomic E-state index is 12.6. The van der Waals surface area contributed by atoms with Gasteiger partial charge in [-0.15, -0.1) is 0 Å². The van der Waals surface area contributed by atoms with Gasteiger partial charge in [0.1, 0.15) is 11.3 Å². The van der Waals surface area contributed by atoms with Gasteiger partial charge in [0.15, 0.2) is 0 Å². The highest BCUT2D eigenvalue weighted by Gasteiger charge is 2.19. The van der Waals surface area contributed by atoms with Crippen LogP contribution in [0.3, 0.4) is 0 Å². The Bertz CT molecular complexity index is 1350. The summed E-state index contributed by atoms with van der Waals surface area (Å²) in [7, 11) is 1.64. The summed E-state index contributed by atoms with van der Waals surface area (Å²) in [5.74, 6) is 0.523. The highest BCUT2D eigenvalue weighted by atomic mass is 16.5. The molecule has 1 amide bonds. The number of aromatic nitrogens is 1. The molecule has 4 aromatic rings. The Hall–Kier alpha value is -3.86. The maximum absolute atomic E-state index is 12.6. The Morgan fingerprint density at radius 2 is 1.94 bits per heavy atom. The molecular weight excluding hydrogens is 412 g/mol. The van der Waals surface area contributed by atoms with Crippen LogP contribution in [-0.4, -0.2) is 18.0 Å². The Morgan fingerprint density at radius 1 is 1.12 bits per heavy atom. The van der Waals surface area contributed by atoms with Crippen molar-refractivity contribution in [3.8, 4) is 16.9 Å². The predicted molar refractivity (Wildman–Crippen MR) is 132 cm³/mol. The summed E-state index contributed by atoms with van der Waals surface area (Å²) >= 11 is 0. The van der Waals surface area contributed by atoms with Gasteiger partial charge in [0, 0.05) is 34.3 Å². The van der Waals surface area contributed by atoms with E-state index in [1.807, 2.05) is 32.0 Å². The Morgan fingerprint density at radius 3 is 2.64 bits per heavy atom. The van der Waals surface area contributed by atoms with Crippen LogP contribution >= 0.6 is 0 Å². The van der Waals surface area contributed by atoms with Gasteiger partial charge >= 0.3 is 0 Å². The van der Waals surface area contributed by atoms with E-state index in [1.165, 1.54) is 11.1 Å². The smallest absolute Gasteiger partial charge is 0.244 e. The normalized spacial score (nSPS) is 11.6. The minimum absolute atomic E-state index is 0.181. The number of methoxy groups -OCH3 is 1. The van der Waals surface area contributed by atoms with Crippen LogP contribution in [-0.2, 0) is 11.3 Å². The number of allylic oxidation sites excluding steroid dienone is 1. The van der Waals surface area contributed by atoms with Crippen LogP contribution in [0.2, 0.25) is 0 Å². The van der Waals surface area contributed by atoms with Crippen LogP contribution in [0.1, 0.15) is 34.9 Å². The number of hydrogen-bond donors (Lipinski definition) is 1. The van der Waals surface area contributed by atoms with Gasteiger partial charge in [-0.1, -0.05) is 29.8 Å². The SMILES string of the molecule is COc1c(/C(C)=C/C(=O)NCc2ccccn2)cc2c(-c3ccc(C)cc3C)coc2c1C. The van der Waals surface area contributed by atoms with Gasteiger partial charge in [0.2, 0.25) is 5.91 Å². The third-order valence-corrected chi connectivity index (χ3v) is 5.86. The molecular formula is C28H28N2O3. The van der Waals surface area contributed by atoms with E-state index in [9.17, 15) is 4.79 Å². The van der Waals surface area contributed by atoms with E-state index in [4.69, 9.17) is 9.15 Å². The molecule has 0 aliphatic heterocycles. The number of amides is 1. The van der Waals surface area contributed by atoms with E-state index in [0.29, 0.717) is 12.3 Å². The number of carbonyl (C=O) groups is 1. The van der Waals surface area contributed by atoms with Crippen LogP contribution in [0.4, 0.5) is 0 Å². The Kier molecular flexibility index (Phi) is 6.31. The van der Waals surface area contributed by atoms with Crippen LogP contribution in [0, 0.1) is 20.8 Å². The van der Waals surface area contributed by atoms with Gasteiger partial charge in [0.05, 0.1) is 25.6 Å².